The second-order valence-corrected chi connectivity index (χ2v) is 5.84. The highest BCUT2D eigenvalue weighted by Crippen LogP contribution is 2.23. The number of hydrogen-bond acceptors (Lipinski definition) is 2. The van der Waals surface area contributed by atoms with Crippen molar-refractivity contribution >= 4 is 11.8 Å². The van der Waals surface area contributed by atoms with Crippen LogP contribution >= 0.6 is 0 Å². The largest absolute Gasteiger partial charge is 0.352 e. The van der Waals surface area contributed by atoms with E-state index < -0.39 is 17.5 Å². The van der Waals surface area contributed by atoms with E-state index >= 15 is 0 Å². The summed E-state index contributed by atoms with van der Waals surface area (Å²) >= 11 is 0. The maximum Gasteiger partial charge on any atom is 0.254 e. The van der Waals surface area contributed by atoms with Gasteiger partial charge >= 0.3 is 0 Å². The Bertz CT molecular complexity index is 563. The average molecular weight is 310 g/mol. The van der Waals surface area contributed by atoms with Crippen LogP contribution in [0, 0.1) is 17.6 Å². The molecule has 2 N–H and O–H groups in total. The van der Waals surface area contributed by atoms with E-state index in [1.54, 1.807) is 0 Å². The molecule has 1 aromatic carbocycles. The number of benzene rings is 1. The highest BCUT2D eigenvalue weighted by atomic mass is 19.1. The van der Waals surface area contributed by atoms with E-state index in [0.29, 0.717) is 12.0 Å². The number of carbonyl (C=O) groups is 2. The summed E-state index contributed by atoms with van der Waals surface area (Å²) in [6.45, 7) is 1.93. The number of rotatable bonds is 4. The molecule has 0 heterocycles. The highest BCUT2D eigenvalue weighted by molar-refractivity contribution is 5.96. The fourth-order valence-corrected chi connectivity index (χ4v) is 2.77. The van der Waals surface area contributed by atoms with E-state index in [0.717, 1.165) is 31.4 Å². The molecule has 1 saturated carbocycles. The van der Waals surface area contributed by atoms with Gasteiger partial charge in [-0.25, -0.2) is 8.78 Å². The lowest BCUT2D eigenvalue weighted by molar-refractivity contribution is -0.121. The van der Waals surface area contributed by atoms with Crippen LogP contribution in [0.15, 0.2) is 18.2 Å². The van der Waals surface area contributed by atoms with E-state index in [9.17, 15) is 18.4 Å². The van der Waals surface area contributed by atoms with Crippen molar-refractivity contribution < 1.29 is 18.4 Å². The molecule has 0 radical (unpaired) electrons. The van der Waals surface area contributed by atoms with Crippen molar-refractivity contribution in [3.63, 3.8) is 0 Å². The molecule has 2 atom stereocenters. The van der Waals surface area contributed by atoms with Crippen molar-refractivity contribution in [2.75, 3.05) is 6.54 Å². The molecule has 1 aromatic rings. The minimum atomic E-state index is -0.945. The van der Waals surface area contributed by atoms with Crippen molar-refractivity contribution in [3.05, 3.63) is 35.4 Å². The summed E-state index contributed by atoms with van der Waals surface area (Å²) in [6.07, 6.45) is 4.13. The van der Waals surface area contributed by atoms with Crippen molar-refractivity contribution in [2.45, 2.75) is 38.6 Å². The fourth-order valence-electron chi connectivity index (χ4n) is 2.77. The Morgan fingerprint density at radius 1 is 1.27 bits per heavy atom. The summed E-state index contributed by atoms with van der Waals surface area (Å²) in [5.41, 5.74) is -0.277. The lowest BCUT2D eigenvalue weighted by Gasteiger charge is -2.27. The summed E-state index contributed by atoms with van der Waals surface area (Å²) in [5.74, 6) is -2.14. The second-order valence-electron chi connectivity index (χ2n) is 5.84. The Labute approximate surface area is 128 Å². The van der Waals surface area contributed by atoms with Crippen LogP contribution in [0.1, 0.15) is 43.0 Å². The Balaban J connectivity index is 1.81. The van der Waals surface area contributed by atoms with Crippen molar-refractivity contribution in [1.82, 2.24) is 10.6 Å². The van der Waals surface area contributed by atoms with Crippen molar-refractivity contribution in [1.29, 1.82) is 0 Å². The van der Waals surface area contributed by atoms with Gasteiger partial charge in [-0.05, 0) is 30.9 Å². The molecule has 1 aliphatic rings. The van der Waals surface area contributed by atoms with Gasteiger partial charge in [-0.15, -0.1) is 0 Å². The van der Waals surface area contributed by atoms with Crippen molar-refractivity contribution in [2.24, 2.45) is 5.92 Å². The third-order valence-corrected chi connectivity index (χ3v) is 3.89. The molecule has 22 heavy (non-hydrogen) atoms. The van der Waals surface area contributed by atoms with Gasteiger partial charge in [-0.2, -0.15) is 0 Å². The Morgan fingerprint density at radius 2 is 2.05 bits per heavy atom. The zero-order valence-electron chi connectivity index (χ0n) is 12.5. The van der Waals surface area contributed by atoms with Gasteiger partial charge in [-0.1, -0.05) is 19.8 Å². The first-order valence-corrected chi connectivity index (χ1v) is 7.48. The molecule has 0 bridgehead atoms. The summed E-state index contributed by atoms with van der Waals surface area (Å²) < 4.78 is 26.2. The van der Waals surface area contributed by atoms with Gasteiger partial charge in [0, 0.05) is 12.1 Å². The summed E-state index contributed by atoms with van der Waals surface area (Å²) in [5, 5.41) is 5.22. The van der Waals surface area contributed by atoms with Gasteiger partial charge in [0.2, 0.25) is 5.91 Å². The van der Waals surface area contributed by atoms with Crippen LogP contribution < -0.4 is 10.6 Å². The van der Waals surface area contributed by atoms with Gasteiger partial charge in [0.1, 0.15) is 11.6 Å². The van der Waals surface area contributed by atoms with E-state index in [1.807, 2.05) is 0 Å². The predicted molar refractivity (Wildman–Crippen MR) is 78.3 cm³/mol. The fraction of sp³-hybridized carbons (Fsp3) is 0.500. The normalized spacial score (nSPS) is 21.2. The van der Waals surface area contributed by atoms with E-state index in [-0.39, 0.29) is 24.1 Å². The molecule has 2 amide bonds. The summed E-state index contributed by atoms with van der Waals surface area (Å²) in [6, 6.07) is 2.83. The van der Waals surface area contributed by atoms with Gasteiger partial charge in [0.15, 0.2) is 0 Å². The standard InChI is InChI=1S/C16H20F2N2O2/c1-10-3-2-4-12(7-10)20-15(21)9-19-16(22)13-6-5-11(17)8-14(13)18/h5-6,8,10,12H,2-4,7,9H2,1H3,(H,19,22)(H,20,21). The van der Waals surface area contributed by atoms with Gasteiger partial charge in [0.05, 0.1) is 12.1 Å². The summed E-state index contributed by atoms with van der Waals surface area (Å²) in [7, 11) is 0. The number of hydrogen-bond donors (Lipinski definition) is 2. The van der Waals surface area contributed by atoms with Crippen LogP contribution in [0.3, 0.4) is 0 Å². The number of carbonyl (C=O) groups excluding carboxylic acids is 2. The monoisotopic (exact) mass is 310 g/mol. The number of halogens is 2. The van der Waals surface area contributed by atoms with Gasteiger partial charge in [0.25, 0.3) is 5.91 Å². The molecule has 0 aliphatic heterocycles. The average Bonchev–Trinajstić information content (AvgIpc) is 2.45. The first-order chi connectivity index (χ1) is 10.5. The van der Waals surface area contributed by atoms with E-state index in [2.05, 4.69) is 17.6 Å². The number of nitrogens with one attached hydrogen (secondary N) is 2. The summed E-state index contributed by atoms with van der Waals surface area (Å²) in [4.78, 5) is 23.6. The first kappa shape index (κ1) is 16.4. The smallest absolute Gasteiger partial charge is 0.254 e. The molecule has 6 heteroatoms. The minimum Gasteiger partial charge on any atom is -0.352 e. The molecule has 4 nitrogen and oxygen atoms in total. The third kappa shape index (κ3) is 4.51. The zero-order chi connectivity index (χ0) is 16.1. The number of amides is 2. The van der Waals surface area contributed by atoms with Gasteiger partial charge in [-0.3, -0.25) is 9.59 Å². The zero-order valence-corrected chi connectivity index (χ0v) is 12.5. The van der Waals surface area contributed by atoms with Crippen molar-refractivity contribution in [3.8, 4) is 0 Å². The molecular weight excluding hydrogens is 290 g/mol. The molecule has 0 aromatic heterocycles. The Hall–Kier alpha value is -1.98. The van der Waals surface area contributed by atoms with Gasteiger partial charge < -0.3 is 10.6 Å². The molecular formula is C16H20F2N2O2. The molecule has 1 aliphatic carbocycles. The van der Waals surface area contributed by atoms with Crippen LogP contribution in [-0.2, 0) is 4.79 Å². The maximum absolute atomic E-state index is 13.4. The molecule has 120 valence electrons. The lowest BCUT2D eigenvalue weighted by Crippen LogP contribution is -2.43. The Kier molecular flexibility index (Phi) is 5.46. The highest BCUT2D eigenvalue weighted by Gasteiger charge is 2.20. The SMILES string of the molecule is CC1CCCC(NC(=O)CNC(=O)c2ccc(F)cc2F)C1. The Morgan fingerprint density at radius 3 is 2.73 bits per heavy atom. The quantitative estimate of drug-likeness (QED) is 0.897. The van der Waals surface area contributed by atoms with Crippen LogP contribution in [0.25, 0.3) is 0 Å². The van der Waals surface area contributed by atoms with E-state index in [4.69, 9.17) is 0 Å². The van der Waals surface area contributed by atoms with Crippen LogP contribution in [-0.4, -0.2) is 24.4 Å². The minimum absolute atomic E-state index is 0.135. The maximum atomic E-state index is 13.4. The molecule has 1 fully saturated rings. The lowest BCUT2D eigenvalue weighted by atomic mass is 9.87. The van der Waals surface area contributed by atoms with Crippen LogP contribution in [0.2, 0.25) is 0 Å². The molecule has 2 rings (SSSR count). The van der Waals surface area contributed by atoms with Crippen LogP contribution in [0.4, 0.5) is 8.78 Å². The molecule has 0 saturated heterocycles. The topological polar surface area (TPSA) is 58.2 Å². The molecule has 2 unspecified atom stereocenters. The third-order valence-electron chi connectivity index (χ3n) is 3.89. The van der Waals surface area contributed by atoms with E-state index in [1.165, 1.54) is 6.42 Å². The second kappa shape index (κ2) is 7.33. The first-order valence-electron chi connectivity index (χ1n) is 7.48. The molecule has 0 spiro atoms. The van der Waals surface area contributed by atoms with Crippen LogP contribution in [0.5, 0.6) is 0 Å². The predicted octanol–water partition coefficient (Wildman–Crippen LogP) is 2.39.